The summed E-state index contributed by atoms with van der Waals surface area (Å²) in [5.74, 6) is 0.707. The molecule has 2 N–H and O–H groups in total. The van der Waals surface area contributed by atoms with E-state index in [9.17, 15) is 4.79 Å². The normalized spacial score (nSPS) is 13.4. The first-order valence-electron chi connectivity index (χ1n) is 4.78. The van der Waals surface area contributed by atoms with E-state index in [1.165, 1.54) is 5.56 Å². The predicted octanol–water partition coefficient (Wildman–Crippen LogP) is 1.04. The van der Waals surface area contributed by atoms with E-state index in [-0.39, 0.29) is 5.91 Å². The van der Waals surface area contributed by atoms with E-state index in [0.29, 0.717) is 12.8 Å². The van der Waals surface area contributed by atoms with Crippen molar-refractivity contribution in [1.29, 1.82) is 0 Å². The van der Waals surface area contributed by atoms with E-state index in [0.717, 1.165) is 24.3 Å². The summed E-state index contributed by atoms with van der Waals surface area (Å²) in [6.07, 6.45) is 2.09. The second kappa shape index (κ2) is 3.70. The average Bonchev–Trinajstić information content (AvgIpc) is 2.61. The number of carbonyl (C=O) groups excluding carboxylic acids is 1. The third-order valence-corrected chi connectivity index (χ3v) is 2.42. The molecule has 0 aromatic heterocycles. The van der Waals surface area contributed by atoms with Crippen molar-refractivity contribution in [1.82, 2.24) is 0 Å². The maximum Gasteiger partial charge on any atom is 0.217 e. The second-order valence-electron chi connectivity index (χ2n) is 3.51. The number of ether oxygens (including phenoxy) is 1. The van der Waals surface area contributed by atoms with Gasteiger partial charge < -0.3 is 10.5 Å². The molecule has 0 radical (unpaired) electrons. The largest absolute Gasteiger partial charge is 0.493 e. The molecule has 1 aromatic rings. The molecule has 1 aliphatic rings. The Morgan fingerprint density at radius 1 is 1.50 bits per heavy atom. The predicted molar refractivity (Wildman–Crippen MR) is 53.2 cm³/mol. The van der Waals surface area contributed by atoms with Gasteiger partial charge >= 0.3 is 0 Å². The van der Waals surface area contributed by atoms with Crippen molar-refractivity contribution in [2.45, 2.75) is 19.3 Å². The first kappa shape index (κ1) is 9.06. The van der Waals surface area contributed by atoms with Crippen LogP contribution < -0.4 is 10.5 Å². The number of hydrogen-bond acceptors (Lipinski definition) is 2. The van der Waals surface area contributed by atoms with Crippen molar-refractivity contribution >= 4 is 5.91 Å². The maximum atomic E-state index is 10.6. The van der Waals surface area contributed by atoms with Gasteiger partial charge in [0.2, 0.25) is 5.91 Å². The molecule has 0 saturated carbocycles. The Balaban J connectivity index is 2.09. The number of hydrogen-bond donors (Lipinski definition) is 1. The number of rotatable bonds is 3. The lowest BCUT2D eigenvalue weighted by molar-refractivity contribution is -0.117. The van der Waals surface area contributed by atoms with Crippen molar-refractivity contribution in [2.75, 3.05) is 6.61 Å². The Bertz CT molecular complexity index is 360. The fraction of sp³-hybridized carbons (Fsp3) is 0.364. The summed E-state index contributed by atoms with van der Waals surface area (Å²) in [4.78, 5) is 10.6. The SMILES string of the molecule is NC(=O)CCc1ccc2c(c1)OCC2. The van der Waals surface area contributed by atoms with Crippen molar-refractivity contribution in [3.8, 4) is 5.75 Å². The topological polar surface area (TPSA) is 52.3 Å². The zero-order chi connectivity index (χ0) is 9.97. The molecule has 3 heteroatoms. The zero-order valence-corrected chi connectivity index (χ0v) is 7.95. The van der Waals surface area contributed by atoms with Crippen molar-refractivity contribution < 1.29 is 9.53 Å². The molecule has 1 aliphatic heterocycles. The summed E-state index contributed by atoms with van der Waals surface area (Å²) in [5, 5.41) is 0. The number of nitrogens with two attached hydrogens (primary N) is 1. The fourth-order valence-electron chi connectivity index (χ4n) is 1.63. The highest BCUT2D eigenvalue weighted by molar-refractivity contribution is 5.74. The van der Waals surface area contributed by atoms with Crippen LogP contribution in [0, 0.1) is 0 Å². The Morgan fingerprint density at radius 3 is 3.14 bits per heavy atom. The third-order valence-electron chi connectivity index (χ3n) is 2.42. The van der Waals surface area contributed by atoms with Crippen LogP contribution in [0.5, 0.6) is 5.75 Å². The molecule has 0 unspecified atom stereocenters. The van der Waals surface area contributed by atoms with E-state index < -0.39 is 0 Å². The van der Waals surface area contributed by atoms with E-state index in [1.54, 1.807) is 0 Å². The van der Waals surface area contributed by atoms with Crippen LogP contribution in [-0.4, -0.2) is 12.5 Å². The lowest BCUT2D eigenvalue weighted by Crippen LogP contribution is -2.11. The van der Waals surface area contributed by atoms with E-state index in [1.807, 2.05) is 12.1 Å². The molecule has 0 bridgehead atoms. The molecule has 1 aromatic carbocycles. The van der Waals surface area contributed by atoms with Crippen LogP contribution in [0.3, 0.4) is 0 Å². The van der Waals surface area contributed by atoms with Crippen LogP contribution in [0.2, 0.25) is 0 Å². The van der Waals surface area contributed by atoms with Gasteiger partial charge in [-0.1, -0.05) is 12.1 Å². The van der Waals surface area contributed by atoms with Crippen molar-refractivity contribution in [3.05, 3.63) is 29.3 Å². The van der Waals surface area contributed by atoms with Gasteiger partial charge in [-0.25, -0.2) is 0 Å². The minimum Gasteiger partial charge on any atom is -0.493 e. The lowest BCUT2D eigenvalue weighted by Gasteiger charge is -2.02. The Kier molecular flexibility index (Phi) is 2.39. The molecule has 14 heavy (non-hydrogen) atoms. The first-order chi connectivity index (χ1) is 6.75. The summed E-state index contributed by atoms with van der Waals surface area (Å²) >= 11 is 0. The smallest absolute Gasteiger partial charge is 0.217 e. The summed E-state index contributed by atoms with van der Waals surface area (Å²) < 4.78 is 5.43. The van der Waals surface area contributed by atoms with E-state index in [2.05, 4.69) is 6.07 Å². The molecule has 0 atom stereocenters. The van der Waals surface area contributed by atoms with Gasteiger partial charge in [0.25, 0.3) is 0 Å². The molecule has 0 fully saturated rings. The van der Waals surface area contributed by atoms with Gasteiger partial charge in [0, 0.05) is 12.8 Å². The maximum absolute atomic E-state index is 10.6. The Hall–Kier alpha value is -1.51. The summed E-state index contributed by atoms with van der Waals surface area (Å²) in [6, 6.07) is 6.11. The number of carbonyl (C=O) groups is 1. The van der Waals surface area contributed by atoms with Gasteiger partial charge in [0.15, 0.2) is 0 Å². The van der Waals surface area contributed by atoms with Gasteiger partial charge in [0.1, 0.15) is 5.75 Å². The zero-order valence-electron chi connectivity index (χ0n) is 7.95. The molecule has 2 rings (SSSR count). The fourth-order valence-corrected chi connectivity index (χ4v) is 1.63. The highest BCUT2D eigenvalue weighted by Crippen LogP contribution is 2.26. The van der Waals surface area contributed by atoms with Gasteiger partial charge in [-0.3, -0.25) is 4.79 Å². The molecule has 74 valence electrons. The number of primary amides is 1. The van der Waals surface area contributed by atoms with Crippen molar-refractivity contribution in [2.24, 2.45) is 5.73 Å². The van der Waals surface area contributed by atoms with Crippen molar-refractivity contribution in [3.63, 3.8) is 0 Å². The molecule has 0 saturated heterocycles. The molecular formula is C11H13NO2. The van der Waals surface area contributed by atoms with Gasteiger partial charge in [-0.05, 0) is 23.6 Å². The summed E-state index contributed by atoms with van der Waals surface area (Å²) in [6.45, 7) is 0.772. The summed E-state index contributed by atoms with van der Waals surface area (Å²) in [5.41, 5.74) is 7.46. The minimum atomic E-state index is -0.258. The Labute approximate surface area is 82.9 Å². The molecule has 0 aliphatic carbocycles. The molecule has 3 nitrogen and oxygen atoms in total. The average molecular weight is 191 g/mol. The Morgan fingerprint density at radius 2 is 2.36 bits per heavy atom. The van der Waals surface area contributed by atoms with Gasteiger partial charge in [-0.2, -0.15) is 0 Å². The van der Waals surface area contributed by atoms with Crippen LogP contribution in [0.25, 0.3) is 0 Å². The number of fused-ring (bicyclic) bond motifs is 1. The van der Waals surface area contributed by atoms with Crippen LogP contribution in [0.15, 0.2) is 18.2 Å². The quantitative estimate of drug-likeness (QED) is 0.776. The van der Waals surface area contributed by atoms with E-state index >= 15 is 0 Å². The highest BCUT2D eigenvalue weighted by Gasteiger charge is 2.11. The number of benzene rings is 1. The van der Waals surface area contributed by atoms with Gasteiger partial charge in [-0.15, -0.1) is 0 Å². The summed E-state index contributed by atoms with van der Waals surface area (Å²) in [7, 11) is 0. The van der Waals surface area contributed by atoms with Gasteiger partial charge in [0.05, 0.1) is 6.61 Å². The van der Waals surface area contributed by atoms with Crippen LogP contribution in [-0.2, 0) is 17.6 Å². The number of amides is 1. The van der Waals surface area contributed by atoms with E-state index in [4.69, 9.17) is 10.5 Å². The minimum absolute atomic E-state index is 0.258. The highest BCUT2D eigenvalue weighted by atomic mass is 16.5. The second-order valence-corrected chi connectivity index (χ2v) is 3.51. The number of aryl methyl sites for hydroxylation is 1. The van der Waals surface area contributed by atoms with Crippen LogP contribution in [0.4, 0.5) is 0 Å². The molecule has 1 amide bonds. The lowest BCUT2D eigenvalue weighted by atomic mass is 10.1. The standard InChI is InChI=1S/C11H13NO2/c12-11(13)4-2-8-1-3-9-5-6-14-10(9)7-8/h1,3,7H,2,4-6H2,(H2,12,13). The first-order valence-corrected chi connectivity index (χ1v) is 4.78. The third kappa shape index (κ3) is 1.87. The molecule has 0 spiro atoms. The van der Waals surface area contributed by atoms with Crippen LogP contribution >= 0.6 is 0 Å². The monoisotopic (exact) mass is 191 g/mol. The molecular weight excluding hydrogens is 178 g/mol. The van der Waals surface area contributed by atoms with Crippen LogP contribution in [0.1, 0.15) is 17.5 Å². The molecule has 1 heterocycles.